The highest BCUT2D eigenvalue weighted by Crippen LogP contribution is 2.25. The zero-order valence-corrected chi connectivity index (χ0v) is 12.9. The number of carbonyl (C=O) groups is 2. The number of hydrogen-bond acceptors (Lipinski definition) is 3. The molecule has 4 N–H and O–H groups in total. The van der Waals surface area contributed by atoms with Crippen molar-refractivity contribution in [3.05, 3.63) is 29.8 Å². The Morgan fingerprint density at radius 1 is 1.24 bits per heavy atom. The third-order valence-corrected chi connectivity index (χ3v) is 3.60. The van der Waals surface area contributed by atoms with Gasteiger partial charge in [-0.15, -0.1) is 12.4 Å². The van der Waals surface area contributed by atoms with E-state index in [-0.39, 0.29) is 36.2 Å². The van der Waals surface area contributed by atoms with E-state index in [0.29, 0.717) is 17.8 Å². The number of carbonyl (C=O) groups excluding carboxylic acids is 2. The number of nitrogens with one attached hydrogen (secondary N) is 2. The summed E-state index contributed by atoms with van der Waals surface area (Å²) < 4.78 is 0. The van der Waals surface area contributed by atoms with Crippen LogP contribution < -0.4 is 16.4 Å². The van der Waals surface area contributed by atoms with Gasteiger partial charge >= 0.3 is 0 Å². The molecule has 21 heavy (non-hydrogen) atoms. The fourth-order valence-corrected chi connectivity index (χ4v) is 2.47. The van der Waals surface area contributed by atoms with E-state index in [2.05, 4.69) is 10.6 Å². The minimum absolute atomic E-state index is 0. The summed E-state index contributed by atoms with van der Waals surface area (Å²) in [6.45, 7) is 2.47. The van der Waals surface area contributed by atoms with Crippen LogP contribution in [0.3, 0.4) is 0 Å². The topological polar surface area (TPSA) is 84.2 Å². The van der Waals surface area contributed by atoms with Gasteiger partial charge in [-0.05, 0) is 50.5 Å². The van der Waals surface area contributed by atoms with E-state index in [9.17, 15) is 9.59 Å². The first-order chi connectivity index (χ1) is 9.60. The van der Waals surface area contributed by atoms with Crippen LogP contribution in [0.4, 0.5) is 5.69 Å². The highest BCUT2D eigenvalue weighted by atomic mass is 35.5. The van der Waals surface area contributed by atoms with Gasteiger partial charge in [0, 0.05) is 29.8 Å². The van der Waals surface area contributed by atoms with Crippen LogP contribution in [0.25, 0.3) is 0 Å². The van der Waals surface area contributed by atoms with Gasteiger partial charge in [0.15, 0.2) is 0 Å². The zero-order valence-electron chi connectivity index (χ0n) is 12.1. The molecule has 2 amide bonds. The number of rotatable bonds is 4. The molecule has 1 saturated carbocycles. The summed E-state index contributed by atoms with van der Waals surface area (Å²) in [6.07, 6.45) is 2.51. The molecule has 0 bridgehead atoms. The molecule has 0 aliphatic heterocycles. The van der Waals surface area contributed by atoms with Gasteiger partial charge in [-0.2, -0.15) is 0 Å². The molecule has 1 fully saturated rings. The molecule has 1 aliphatic carbocycles. The van der Waals surface area contributed by atoms with Gasteiger partial charge in [0.2, 0.25) is 5.91 Å². The Balaban J connectivity index is 0.00000220. The largest absolute Gasteiger partial charge is 0.352 e. The third kappa shape index (κ3) is 4.72. The van der Waals surface area contributed by atoms with Gasteiger partial charge < -0.3 is 16.4 Å². The van der Waals surface area contributed by atoms with Crippen LogP contribution in [-0.2, 0) is 4.79 Å². The Morgan fingerprint density at radius 3 is 2.43 bits per heavy atom. The van der Waals surface area contributed by atoms with Crippen LogP contribution in [0.5, 0.6) is 0 Å². The van der Waals surface area contributed by atoms with Crippen molar-refractivity contribution in [1.82, 2.24) is 5.32 Å². The van der Waals surface area contributed by atoms with E-state index in [1.807, 2.05) is 6.92 Å². The molecule has 0 radical (unpaired) electrons. The van der Waals surface area contributed by atoms with Crippen molar-refractivity contribution in [2.45, 2.75) is 32.2 Å². The zero-order chi connectivity index (χ0) is 14.5. The van der Waals surface area contributed by atoms with E-state index < -0.39 is 0 Å². The lowest BCUT2D eigenvalue weighted by atomic mass is 10.1. The predicted molar refractivity (Wildman–Crippen MR) is 85.6 cm³/mol. The standard InChI is InChI=1S/C15H21N3O2.ClH/c1-2-17-14(19)10-4-7-13(8-5-10)18-15(20)11-3-6-12(16)9-11;/h4-5,7-8,11-12H,2-3,6,9,16H2,1H3,(H,17,19)(H,18,20);1H. The monoisotopic (exact) mass is 311 g/mol. The minimum atomic E-state index is -0.104. The number of benzene rings is 1. The fourth-order valence-electron chi connectivity index (χ4n) is 2.47. The second-order valence-electron chi connectivity index (χ2n) is 5.20. The van der Waals surface area contributed by atoms with Crippen molar-refractivity contribution in [2.24, 2.45) is 11.7 Å². The molecule has 0 heterocycles. The molecule has 0 saturated heterocycles. The molecule has 6 heteroatoms. The number of amides is 2. The Hall–Kier alpha value is -1.59. The van der Waals surface area contributed by atoms with Gasteiger partial charge in [-0.3, -0.25) is 9.59 Å². The van der Waals surface area contributed by atoms with Crippen LogP contribution in [0.1, 0.15) is 36.5 Å². The molecule has 116 valence electrons. The second kappa shape index (κ2) is 8.00. The Morgan fingerprint density at radius 2 is 1.90 bits per heavy atom. The van der Waals surface area contributed by atoms with E-state index in [1.165, 1.54) is 0 Å². The van der Waals surface area contributed by atoms with Crippen molar-refractivity contribution >= 4 is 29.9 Å². The summed E-state index contributed by atoms with van der Waals surface area (Å²) in [7, 11) is 0. The predicted octanol–water partition coefficient (Wildman–Crippen LogP) is 1.92. The lowest BCUT2D eigenvalue weighted by molar-refractivity contribution is -0.119. The minimum Gasteiger partial charge on any atom is -0.352 e. The average Bonchev–Trinajstić information content (AvgIpc) is 2.86. The Bertz CT molecular complexity index is 490. The van der Waals surface area contributed by atoms with Crippen LogP contribution in [0.2, 0.25) is 0 Å². The molecule has 2 rings (SSSR count). The summed E-state index contributed by atoms with van der Waals surface area (Å²) in [4.78, 5) is 23.6. The molecule has 1 aromatic carbocycles. The van der Waals surface area contributed by atoms with Gasteiger partial charge in [-0.1, -0.05) is 0 Å². The first-order valence-corrected chi connectivity index (χ1v) is 7.05. The van der Waals surface area contributed by atoms with Crippen molar-refractivity contribution in [3.8, 4) is 0 Å². The van der Waals surface area contributed by atoms with Crippen molar-refractivity contribution in [3.63, 3.8) is 0 Å². The van der Waals surface area contributed by atoms with E-state index in [4.69, 9.17) is 5.73 Å². The normalized spacial score (nSPS) is 20.5. The molecule has 0 spiro atoms. The Labute approximate surface area is 131 Å². The summed E-state index contributed by atoms with van der Waals surface area (Å²) in [5.74, 6) is -0.0797. The van der Waals surface area contributed by atoms with E-state index >= 15 is 0 Å². The van der Waals surface area contributed by atoms with Crippen LogP contribution in [0.15, 0.2) is 24.3 Å². The van der Waals surface area contributed by atoms with Crippen LogP contribution in [0, 0.1) is 5.92 Å². The third-order valence-electron chi connectivity index (χ3n) is 3.60. The maximum absolute atomic E-state index is 12.0. The summed E-state index contributed by atoms with van der Waals surface area (Å²) in [5.41, 5.74) is 7.12. The molecular weight excluding hydrogens is 290 g/mol. The SMILES string of the molecule is CCNC(=O)c1ccc(NC(=O)C2CCC(N)C2)cc1.Cl. The molecule has 0 aromatic heterocycles. The number of halogens is 1. The highest BCUT2D eigenvalue weighted by Gasteiger charge is 2.27. The van der Waals surface area contributed by atoms with Crippen LogP contribution >= 0.6 is 12.4 Å². The molecule has 1 aliphatic rings. The first kappa shape index (κ1) is 17.5. The average molecular weight is 312 g/mol. The summed E-state index contributed by atoms with van der Waals surface area (Å²) in [6, 6.07) is 7.06. The van der Waals surface area contributed by atoms with Gasteiger partial charge in [-0.25, -0.2) is 0 Å². The Kier molecular flexibility index (Phi) is 6.65. The molecule has 1 aromatic rings. The van der Waals surface area contributed by atoms with Crippen molar-refractivity contribution < 1.29 is 9.59 Å². The highest BCUT2D eigenvalue weighted by molar-refractivity contribution is 5.96. The molecule has 2 atom stereocenters. The molecule has 5 nitrogen and oxygen atoms in total. The van der Waals surface area contributed by atoms with Gasteiger partial charge in [0.05, 0.1) is 0 Å². The smallest absolute Gasteiger partial charge is 0.251 e. The maximum atomic E-state index is 12.0. The van der Waals surface area contributed by atoms with Crippen LogP contribution in [-0.4, -0.2) is 24.4 Å². The van der Waals surface area contributed by atoms with E-state index in [1.54, 1.807) is 24.3 Å². The molecule has 2 unspecified atom stereocenters. The fraction of sp³-hybridized carbons (Fsp3) is 0.467. The number of anilines is 1. The second-order valence-corrected chi connectivity index (χ2v) is 5.20. The lowest BCUT2D eigenvalue weighted by Gasteiger charge is -2.11. The quantitative estimate of drug-likeness (QED) is 0.794. The first-order valence-electron chi connectivity index (χ1n) is 7.05. The van der Waals surface area contributed by atoms with Gasteiger partial charge in [0.25, 0.3) is 5.91 Å². The van der Waals surface area contributed by atoms with Crippen molar-refractivity contribution in [1.29, 1.82) is 0 Å². The lowest BCUT2D eigenvalue weighted by Crippen LogP contribution is -2.24. The maximum Gasteiger partial charge on any atom is 0.251 e. The number of hydrogen-bond donors (Lipinski definition) is 3. The van der Waals surface area contributed by atoms with E-state index in [0.717, 1.165) is 19.3 Å². The summed E-state index contributed by atoms with van der Waals surface area (Å²) in [5, 5.41) is 5.61. The van der Waals surface area contributed by atoms with Gasteiger partial charge in [0.1, 0.15) is 0 Å². The molecular formula is C15H22ClN3O2. The van der Waals surface area contributed by atoms with Crippen molar-refractivity contribution in [2.75, 3.05) is 11.9 Å². The number of nitrogens with two attached hydrogens (primary N) is 1. The summed E-state index contributed by atoms with van der Waals surface area (Å²) >= 11 is 0.